The number of halogens is 1. The molecule has 0 unspecified atom stereocenters. The molecule has 0 aromatic heterocycles. The summed E-state index contributed by atoms with van der Waals surface area (Å²) in [4.78, 5) is 126. The number of likely N-dealkylation sites (N-methyl/N-ethyl adjacent to an activating group) is 1. The molecule has 0 saturated carbocycles. The summed E-state index contributed by atoms with van der Waals surface area (Å²) in [5, 5.41) is 36.1. The van der Waals surface area contributed by atoms with Gasteiger partial charge in [-0.2, -0.15) is 0 Å². The zero-order valence-corrected chi connectivity index (χ0v) is 65.0. The van der Waals surface area contributed by atoms with Gasteiger partial charge in [-0.1, -0.05) is 42.5 Å². The number of amides is 6. The maximum atomic E-state index is 11.8. The molecule has 2 aliphatic rings. The van der Waals surface area contributed by atoms with Gasteiger partial charge in [-0.25, -0.2) is 29.0 Å². The third-order valence-electron chi connectivity index (χ3n) is 9.86. The smallest absolute Gasteiger partial charge is 1.00 e. The number of piperidine rings is 2. The number of aldehydes is 1. The van der Waals surface area contributed by atoms with Crippen LogP contribution < -0.4 is 100 Å². The summed E-state index contributed by atoms with van der Waals surface area (Å²) in [6.07, 6.45) is -1.55. The molecule has 28 nitrogen and oxygen atoms in total. The second-order valence-electron chi connectivity index (χ2n) is 28.6. The Bertz CT molecular complexity index is 2300. The van der Waals surface area contributed by atoms with Gasteiger partial charge in [0.2, 0.25) is 5.91 Å². The van der Waals surface area contributed by atoms with Crippen molar-refractivity contribution in [2.75, 3.05) is 46.9 Å². The fourth-order valence-electron chi connectivity index (χ4n) is 5.49. The van der Waals surface area contributed by atoms with Gasteiger partial charge >= 0.3 is 87.7 Å². The number of hydrogen-bond donors (Lipinski definition) is 11. The van der Waals surface area contributed by atoms with Gasteiger partial charge in [0.15, 0.2) is 0 Å². The maximum Gasteiger partial charge on any atom is 1.00 e. The number of Topliss-reactive ketones (excluding diaryl/α,β-unsaturated/α-hetero) is 2. The van der Waals surface area contributed by atoms with Crippen molar-refractivity contribution in [3.63, 3.8) is 0 Å². The quantitative estimate of drug-likeness (QED) is 0.0345. The Balaban J connectivity index is -0.0000000955. The van der Waals surface area contributed by atoms with E-state index in [1.807, 2.05) is 0 Å². The summed E-state index contributed by atoms with van der Waals surface area (Å²) >= 11 is 0. The maximum absolute atomic E-state index is 11.8. The van der Waals surface area contributed by atoms with Crippen LogP contribution in [-0.2, 0) is 57.3 Å². The molecule has 30 heteroatoms. The van der Waals surface area contributed by atoms with Gasteiger partial charge in [-0.15, -0.1) is 24.0 Å². The van der Waals surface area contributed by atoms with Crippen LogP contribution in [-0.4, -0.2) is 178 Å². The molecule has 14 N–H and O–H groups in total. The van der Waals surface area contributed by atoms with Gasteiger partial charge in [-0.3, -0.25) is 28.8 Å². The van der Waals surface area contributed by atoms with E-state index in [2.05, 4.69) is 64.9 Å². The minimum absolute atomic E-state index is 0. The van der Waals surface area contributed by atoms with Crippen LogP contribution in [0.2, 0.25) is 0 Å². The summed E-state index contributed by atoms with van der Waals surface area (Å²) in [5.74, 6) is -2.71. The number of carboxylic acids is 2. The van der Waals surface area contributed by atoms with Gasteiger partial charge < -0.3 is 84.5 Å². The van der Waals surface area contributed by atoms with Crippen molar-refractivity contribution in [1.29, 1.82) is 0 Å². The zero-order valence-electron chi connectivity index (χ0n) is 62.6. The monoisotopic (exact) mass is 1460 g/mol. The largest absolute Gasteiger partial charge is 1.00 e. The number of ketones is 2. The van der Waals surface area contributed by atoms with E-state index in [1.54, 1.807) is 111 Å². The molecule has 2 fully saturated rings. The normalized spacial score (nSPS) is 14.9. The molecule has 0 aromatic carbocycles. The number of carboxylic acid groups (broad SMARTS) is 2. The number of nitrogens with two attached hydrogens (primary N) is 1. The Labute approximate surface area is 610 Å². The molecule has 2 saturated heterocycles. The second kappa shape index (κ2) is 46.3. The summed E-state index contributed by atoms with van der Waals surface area (Å²) in [6, 6.07) is 0. The van der Waals surface area contributed by atoms with Crippen molar-refractivity contribution in [2.45, 2.75) is 271 Å². The van der Waals surface area contributed by atoms with Crippen molar-refractivity contribution in [3.8, 4) is 0 Å². The molecule has 2 rings (SSSR count). The summed E-state index contributed by atoms with van der Waals surface area (Å²) in [5.41, 5.74) is -2.50. The van der Waals surface area contributed by atoms with Crippen LogP contribution >= 0.6 is 24.0 Å². The van der Waals surface area contributed by atoms with Crippen molar-refractivity contribution >= 4 is 90.0 Å². The van der Waals surface area contributed by atoms with Gasteiger partial charge in [-0.05, 0) is 189 Å². The first-order chi connectivity index (χ1) is 38.6. The van der Waals surface area contributed by atoms with Crippen LogP contribution in [0, 0.1) is 10.8 Å². The van der Waals surface area contributed by atoms with Crippen LogP contribution in [0.1, 0.15) is 225 Å². The second-order valence-corrected chi connectivity index (χ2v) is 28.6. The number of alkyl carbamates (subject to hydrolysis) is 4. The number of aliphatic carboxylic acids is 2. The fraction of sp³-hybridized carbons (Fsp3) is 0.820. The number of hydroxylamine groups is 2. The van der Waals surface area contributed by atoms with Crippen LogP contribution in [0.25, 0.3) is 0 Å². The first-order valence-corrected chi connectivity index (χ1v) is 27.9. The first-order valence-electron chi connectivity index (χ1n) is 28.9. The zero-order chi connectivity index (χ0) is 71.5. The third-order valence-corrected chi connectivity index (χ3v) is 9.86. The Morgan fingerprint density at radius 1 is 0.626 bits per heavy atom. The molecule has 0 aromatic rings. The van der Waals surface area contributed by atoms with Gasteiger partial charge in [0.1, 0.15) is 62.4 Å². The fourth-order valence-corrected chi connectivity index (χ4v) is 5.49. The Morgan fingerprint density at radius 2 is 0.956 bits per heavy atom. The van der Waals surface area contributed by atoms with Crippen LogP contribution in [0.3, 0.4) is 0 Å². The predicted molar refractivity (Wildman–Crippen MR) is 364 cm³/mol. The average molecular weight is 1460 g/mol. The molecule has 6 amide bonds. The summed E-state index contributed by atoms with van der Waals surface area (Å²) in [6.45, 7) is 48.7. The Hall–Kier alpha value is -3.86. The molecular formula is C61H128IKN10O18. The van der Waals surface area contributed by atoms with Gasteiger partial charge in [0, 0.05) is 29.3 Å². The number of nitrogens with one attached hydrogen (secondary N) is 7. The van der Waals surface area contributed by atoms with E-state index in [4.69, 9.17) is 42.5 Å². The first kappa shape index (κ1) is 103. The van der Waals surface area contributed by atoms with E-state index < -0.39 is 98.7 Å². The molecule has 538 valence electrons. The SMILES string of the molecule is C.C.CC(=O)CNC(=O)C(C)(C)NC(=O)OC(C)(C)C.CC(C)(C)OC(=O)NC(C)(C)C(=O)O.CC(C)(C=O)NC(=O)OC(C)(C)C.CC(C)(N)C(=O)O.CC1(C)CNCC(=O)C1.CON(C)C(=O)C(C)(C)NC(=O)OC(C)(C)C.I.N.[2H]C1([2H])CNCC(C)(C)C1.[H-].[K+]. The predicted octanol–water partition coefficient (Wildman–Crippen LogP) is 6.12. The number of carbonyl (C=O) groups is 11. The Kier molecular flexibility index (Phi) is 52.5. The minimum atomic E-state index is -1.32. The number of hydrogen-bond acceptors (Lipinski definition) is 20. The molecule has 2 aliphatic heterocycles. The van der Waals surface area contributed by atoms with Crippen LogP contribution in [0.4, 0.5) is 19.2 Å². The van der Waals surface area contributed by atoms with E-state index in [9.17, 15) is 52.7 Å². The summed E-state index contributed by atoms with van der Waals surface area (Å²) < 4.78 is 35.0. The van der Waals surface area contributed by atoms with E-state index >= 15 is 0 Å². The molecule has 2 heterocycles. The standard InChI is InChI=1S/C12H22N2O4.C11H22N2O4.C9H17NO4.C9H17NO3.C7H13NO.C7H15N.C4H9NO2.2CH4.HI.K.H3N.H/c1-8(15)7-13-9(16)12(5,6)14-10(17)18-11(2,3)4;1-10(2,3)17-9(15)12-11(4,5)8(14)13(6)16-7;1-8(2,3)14-7(13)10-9(4,5)6(11)12;1-8(2,3)13-7(12)10-9(4,5)6-11;1-7(2)3-6(9)4-8-5-7;1-7(2)4-3-5-8-6-7;1-4(2,5)3(6)7;;;;;;/h7H2,1-6H3,(H,13,16)(H,14,17);1-7H3,(H,12,15);1-5H3,(H,10,13)(H,11,12);6H,1-5H3,(H,10,12);8H,3-5H2,1-2H3;8H,3-6H2,1-2H3;5H2,1-2H3,(H,6,7);2*1H4;1H;;1H3;/q;;;;;;;;;;+1;;-1/i;;;;;3D2;;;;;;;. The van der Waals surface area contributed by atoms with Crippen molar-refractivity contribution in [1.82, 2.24) is 48.4 Å². The Morgan fingerprint density at radius 3 is 1.20 bits per heavy atom. The van der Waals surface area contributed by atoms with Crippen molar-refractivity contribution in [2.24, 2.45) is 16.6 Å². The molecular weight excluding hydrogens is 1330 g/mol. The molecule has 0 aliphatic carbocycles. The number of ether oxygens (including phenoxy) is 4. The number of carbonyl (C=O) groups excluding carboxylic acids is 9. The van der Waals surface area contributed by atoms with Gasteiger partial charge in [0.25, 0.3) is 5.91 Å². The summed E-state index contributed by atoms with van der Waals surface area (Å²) in [7, 11) is 2.85. The molecule has 0 bridgehead atoms. The molecule has 0 radical (unpaired) electrons. The van der Waals surface area contributed by atoms with E-state index in [0.717, 1.165) is 24.6 Å². The number of nitrogens with zero attached hydrogens (tertiary/aromatic N) is 1. The minimum Gasteiger partial charge on any atom is -1.00 e. The van der Waals surface area contributed by atoms with Crippen LogP contribution in [0.5, 0.6) is 0 Å². The van der Waals surface area contributed by atoms with Crippen molar-refractivity contribution < 1.29 is 142 Å². The van der Waals surface area contributed by atoms with Crippen molar-refractivity contribution in [3.05, 3.63) is 0 Å². The molecule has 91 heavy (non-hydrogen) atoms. The molecule has 0 atom stereocenters. The van der Waals surface area contributed by atoms with E-state index in [-0.39, 0.29) is 127 Å². The average Bonchev–Trinajstić information content (AvgIpc) is 3.23. The topological polar surface area (TPSA) is 423 Å². The molecule has 0 spiro atoms. The number of rotatable bonds is 12. The van der Waals surface area contributed by atoms with E-state index in [0.29, 0.717) is 31.6 Å². The van der Waals surface area contributed by atoms with E-state index in [1.165, 1.54) is 62.6 Å². The van der Waals surface area contributed by atoms with Gasteiger partial charge in [0.05, 0.1) is 25.7 Å². The third kappa shape index (κ3) is 66.0. The van der Waals surface area contributed by atoms with Crippen LogP contribution in [0.15, 0.2) is 0 Å².